The molecule has 0 bridgehead atoms. The Morgan fingerprint density at radius 1 is 1.18 bits per heavy atom. The fraction of sp³-hybridized carbons (Fsp3) is 0.600. The molecule has 0 aromatic heterocycles. The SMILES string of the molecule is O=S(=O)(NC1CC1)[C@H]1CCOC[C@@H]1Cc1c(Cl)cccc1Cl. The molecule has 7 heteroatoms. The van der Waals surface area contributed by atoms with Crippen LogP contribution in [0.25, 0.3) is 0 Å². The summed E-state index contributed by atoms with van der Waals surface area (Å²) in [5.74, 6) is -0.137. The van der Waals surface area contributed by atoms with Crippen LogP contribution in [0.3, 0.4) is 0 Å². The summed E-state index contributed by atoms with van der Waals surface area (Å²) in [6.07, 6.45) is 2.89. The zero-order chi connectivity index (χ0) is 15.7. The zero-order valence-electron chi connectivity index (χ0n) is 12.1. The van der Waals surface area contributed by atoms with Crippen molar-refractivity contribution >= 4 is 33.2 Å². The summed E-state index contributed by atoms with van der Waals surface area (Å²) in [4.78, 5) is 0. The molecule has 0 spiro atoms. The van der Waals surface area contributed by atoms with E-state index in [1.807, 2.05) is 0 Å². The lowest BCUT2D eigenvalue weighted by atomic mass is 9.93. The van der Waals surface area contributed by atoms with E-state index in [4.69, 9.17) is 27.9 Å². The van der Waals surface area contributed by atoms with Gasteiger partial charge in [0.2, 0.25) is 10.0 Å². The highest BCUT2D eigenvalue weighted by molar-refractivity contribution is 7.90. The van der Waals surface area contributed by atoms with Crippen molar-refractivity contribution in [2.45, 2.75) is 37.0 Å². The second-order valence-electron chi connectivity index (χ2n) is 6.00. The Kier molecular flexibility index (Phi) is 5.00. The molecule has 2 aliphatic rings. The molecule has 1 saturated carbocycles. The van der Waals surface area contributed by atoms with E-state index in [1.165, 1.54) is 0 Å². The quantitative estimate of drug-likeness (QED) is 0.874. The minimum Gasteiger partial charge on any atom is -0.381 e. The molecule has 2 fully saturated rings. The first-order chi connectivity index (χ1) is 10.5. The predicted octanol–water partition coefficient (Wildman–Crippen LogP) is 3.02. The lowest BCUT2D eigenvalue weighted by Gasteiger charge is -2.31. The van der Waals surface area contributed by atoms with Crippen LogP contribution in [0.4, 0.5) is 0 Å². The van der Waals surface area contributed by atoms with Crippen LogP contribution >= 0.6 is 23.2 Å². The van der Waals surface area contributed by atoms with Crippen LogP contribution in [-0.4, -0.2) is 32.9 Å². The van der Waals surface area contributed by atoms with Crippen LogP contribution in [0.2, 0.25) is 10.0 Å². The van der Waals surface area contributed by atoms with Gasteiger partial charge >= 0.3 is 0 Å². The first-order valence-electron chi connectivity index (χ1n) is 7.49. The standard InChI is InChI=1S/C15H19Cl2NO3S/c16-13-2-1-3-14(17)12(13)8-10-9-21-7-6-15(10)22(19,20)18-11-4-5-11/h1-3,10-11,15,18H,4-9H2/t10-,15-/m0/s1. The van der Waals surface area contributed by atoms with Gasteiger partial charge in [-0.15, -0.1) is 0 Å². The van der Waals surface area contributed by atoms with Crippen molar-refractivity contribution in [1.29, 1.82) is 0 Å². The smallest absolute Gasteiger partial charge is 0.215 e. The normalized spacial score (nSPS) is 26.1. The first kappa shape index (κ1) is 16.5. The van der Waals surface area contributed by atoms with E-state index in [-0.39, 0.29) is 12.0 Å². The molecular weight excluding hydrogens is 345 g/mol. The van der Waals surface area contributed by atoms with Crippen molar-refractivity contribution in [3.8, 4) is 0 Å². The van der Waals surface area contributed by atoms with Crippen LogP contribution in [0, 0.1) is 5.92 Å². The Labute approximate surface area is 141 Å². The van der Waals surface area contributed by atoms with Crippen LogP contribution in [0.15, 0.2) is 18.2 Å². The lowest BCUT2D eigenvalue weighted by Crippen LogP contribution is -2.45. The Bertz CT molecular complexity index is 626. The van der Waals surface area contributed by atoms with Gasteiger partial charge in [0.1, 0.15) is 0 Å². The number of rotatable bonds is 5. The molecule has 1 saturated heterocycles. The van der Waals surface area contributed by atoms with Gasteiger partial charge in [0, 0.05) is 28.6 Å². The maximum atomic E-state index is 12.6. The van der Waals surface area contributed by atoms with Gasteiger partial charge in [-0.2, -0.15) is 0 Å². The van der Waals surface area contributed by atoms with E-state index in [0.29, 0.717) is 36.1 Å². The van der Waals surface area contributed by atoms with Crippen molar-refractivity contribution in [2.24, 2.45) is 5.92 Å². The number of ether oxygens (including phenoxy) is 1. The Morgan fingerprint density at radius 3 is 2.50 bits per heavy atom. The van der Waals surface area contributed by atoms with Crippen molar-refractivity contribution in [1.82, 2.24) is 4.72 Å². The molecule has 1 aliphatic carbocycles. The highest BCUT2D eigenvalue weighted by atomic mass is 35.5. The van der Waals surface area contributed by atoms with E-state index >= 15 is 0 Å². The lowest BCUT2D eigenvalue weighted by molar-refractivity contribution is 0.0570. The third-order valence-corrected chi connectivity index (χ3v) is 7.03. The summed E-state index contributed by atoms with van der Waals surface area (Å²) >= 11 is 12.4. The molecule has 1 aromatic rings. The third-order valence-electron chi connectivity index (χ3n) is 4.24. The molecule has 1 heterocycles. The Hall–Kier alpha value is -0.330. The minimum absolute atomic E-state index is 0.123. The van der Waals surface area contributed by atoms with Crippen molar-refractivity contribution < 1.29 is 13.2 Å². The summed E-state index contributed by atoms with van der Waals surface area (Å²) in [5.41, 5.74) is 0.799. The molecule has 3 rings (SSSR count). The first-order valence-corrected chi connectivity index (χ1v) is 9.79. The molecule has 4 nitrogen and oxygen atoms in total. The molecule has 0 amide bonds. The van der Waals surface area contributed by atoms with Gasteiger partial charge in [-0.05, 0) is 43.4 Å². The molecule has 0 radical (unpaired) electrons. The van der Waals surface area contributed by atoms with Crippen LogP contribution in [0.5, 0.6) is 0 Å². The minimum atomic E-state index is -3.33. The van der Waals surface area contributed by atoms with E-state index < -0.39 is 15.3 Å². The molecule has 0 unspecified atom stereocenters. The second kappa shape index (κ2) is 6.65. The van der Waals surface area contributed by atoms with Crippen molar-refractivity contribution in [3.63, 3.8) is 0 Å². The van der Waals surface area contributed by atoms with E-state index in [1.54, 1.807) is 18.2 Å². The molecule has 1 aromatic carbocycles. The number of hydrogen-bond donors (Lipinski definition) is 1. The highest BCUT2D eigenvalue weighted by Gasteiger charge is 2.39. The van der Waals surface area contributed by atoms with Gasteiger partial charge in [-0.25, -0.2) is 13.1 Å². The van der Waals surface area contributed by atoms with E-state index in [0.717, 1.165) is 18.4 Å². The summed E-state index contributed by atoms with van der Waals surface area (Å²) in [6.45, 7) is 0.890. The van der Waals surface area contributed by atoms with Crippen molar-refractivity contribution in [2.75, 3.05) is 13.2 Å². The number of hydrogen-bond acceptors (Lipinski definition) is 3. The largest absolute Gasteiger partial charge is 0.381 e. The monoisotopic (exact) mass is 363 g/mol. The Morgan fingerprint density at radius 2 is 1.86 bits per heavy atom. The fourth-order valence-electron chi connectivity index (χ4n) is 2.89. The molecule has 22 heavy (non-hydrogen) atoms. The number of sulfonamides is 1. The molecule has 1 N–H and O–H groups in total. The van der Waals surface area contributed by atoms with E-state index in [9.17, 15) is 8.42 Å². The predicted molar refractivity (Wildman–Crippen MR) is 88.0 cm³/mol. The van der Waals surface area contributed by atoms with Crippen molar-refractivity contribution in [3.05, 3.63) is 33.8 Å². The van der Waals surface area contributed by atoms with Gasteiger partial charge in [-0.3, -0.25) is 0 Å². The summed E-state index contributed by atoms with van der Waals surface area (Å²) in [6, 6.07) is 5.46. The van der Waals surface area contributed by atoms with Crippen LogP contribution < -0.4 is 4.72 Å². The Balaban J connectivity index is 1.80. The summed E-state index contributed by atoms with van der Waals surface area (Å²) < 4.78 is 33.4. The number of nitrogens with one attached hydrogen (secondary N) is 1. The third kappa shape index (κ3) is 3.77. The second-order valence-corrected chi connectivity index (χ2v) is 8.75. The number of benzene rings is 1. The van der Waals surface area contributed by atoms with Gasteiger partial charge in [-0.1, -0.05) is 29.3 Å². The van der Waals surface area contributed by atoms with Gasteiger partial charge < -0.3 is 4.74 Å². The van der Waals surface area contributed by atoms with Crippen LogP contribution in [-0.2, 0) is 21.2 Å². The van der Waals surface area contributed by atoms with Crippen LogP contribution in [0.1, 0.15) is 24.8 Å². The summed E-state index contributed by atoms with van der Waals surface area (Å²) in [5, 5.41) is 0.697. The zero-order valence-corrected chi connectivity index (χ0v) is 14.4. The molecule has 1 aliphatic heterocycles. The van der Waals surface area contributed by atoms with E-state index in [2.05, 4.69) is 4.72 Å². The molecule has 2 atom stereocenters. The number of halogens is 2. The average Bonchev–Trinajstić information content (AvgIpc) is 3.27. The maximum Gasteiger partial charge on any atom is 0.215 e. The maximum absolute atomic E-state index is 12.6. The highest BCUT2D eigenvalue weighted by Crippen LogP contribution is 2.32. The summed E-state index contributed by atoms with van der Waals surface area (Å²) in [7, 11) is -3.33. The molecular formula is C15H19Cl2NO3S. The fourth-order valence-corrected chi connectivity index (χ4v) is 5.40. The van der Waals surface area contributed by atoms with Gasteiger partial charge in [0.15, 0.2) is 0 Å². The topological polar surface area (TPSA) is 55.4 Å². The average molecular weight is 364 g/mol. The van der Waals surface area contributed by atoms with Gasteiger partial charge in [0.25, 0.3) is 0 Å². The molecule has 122 valence electrons. The van der Waals surface area contributed by atoms with Gasteiger partial charge in [0.05, 0.1) is 11.9 Å².